The van der Waals surface area contributed by atoms with Crippen LogP contribution in [0.4, 0.5) is 0 Å². The molecule has 0 aromatic heterocycles. The Hall–Kier alpha value is -0.160. The van der Waals surface area contributed by atoms with E-state index in [9.17, 15) is 0 Å². The lowest BCUT2D eigenvalue weighted by Gasteiger charge is -2.35. The predicted octanol–water partition coefficient (Wildman–Crippen LogP) is 1.26. The van der Waals surface area contributed by atoms with E-state index in [1.54, 1.807) is 7.11 Å². The van der Waals surface area contributed by atoms with E-state index in [2.05, 4.69) is 10.2 Å². The van der Waals surface area contributed by atoms with Crippen molar-refractivity contribution in [3.63, 3.8) is 0 Å². The quantitative estimate of drug-likeness (QED) is 0.663. The fourth-order valence-corrected chi connectivity index (χ4v) is 3.13. The molecule has 4 nitrogen and oxygen atoms in total. The van der Waals surface area contributed by atoms with Crippen LogP contribution in [-0.4, -0.2) is 63.5 Å². The SMILES string of the molecule is COCCOCCCNC1CCN2CCCC2C1. The zero-order valence-electron chi connectivity index (χ0n) is 11.7. The molecule has 0 amide bonds. The molecule has 4 heteroatoms. The molecular formula is C14H28N2O2. The van der Waals surface area contributed by atoms with Crippen molar-refractivity contribution in [2.24, 2.45) is 0 Å². The number of piperidine rings is 1. The highest BCUT2D eigenvalue weighted by atomic mass is 16.5. The number of hydrogen-bond acceptors (Lipinski definition) is 4. The summed E-state index contributed by atoms with van der Waals surface area (Å²) in [5, 5.41) is 3.69. The van der Waals surface area contributed by atoms with Crippen LogP contribution in [0.25, 0.3) is 0 Å². The molecule has 2 aliphatic rings. The fraction of sp³-hybridized carbons (Fsp3) is 1.00. The van der Waals surface area contributed by atoms with E-state index in [-0.39, 0.29) is 0 Å². The van der Waals surface area contributed by atoms with Crippen LogP contribution in [0.15, 0.2) is 0 Å². The van der Waals surface area contributed by atoms with Crippen molar-refractivity contribution < 1.29 is 9.47 Å². The van der Waals surface area contributed by atoms with Gasteiger partial charge in [0.15, 0.2) is 0 Å². The summed E-state index contributed by atoms with van der Waals surface area (Å²) in [5.41, 5.74) is 0. The number of nitrogens with one attached hydrogen (secondary N) is 1. The smallest absolute Gasteiger partial charge is 0.0700 e. The molecule has 106 valence electrons. The van der Waals surface area contributed by atoms with Crippen LogP contribution < -0.4 is 5.32 Å². The van der Waals surface area contributed by atoms with Gasteiger partial charge in [-0.15, -0.1) is 0 Å². The Morgan fingerprint density at radius 1 is 1.17 bits per heavy atom. The van der Waals surface area contributed by atoms with Gasteiger partial charge in [0, 0.05) is 25.8 Å². The molecule has 2 unspecified atom stereocenters. The second kappa shape index (κ2) is 8.10. The van der Waals surface area contributed by atoms with E-state index < -0.39 is 0 Å². The molecule has 0 aromatic rings. The third-order valence-corrected chi connectivity index (χ3v) is 4.15. The van der Waals surface area contributed by atoms with E-state index >= 15 is 0 Å². The van der Waals surface area contributed by atoms with E-state index in [1.807, 2.05) is 0 Å². The summed E-state index contributed by atoms with van der Waals surface area (Å²) >= 11 is 0. The Balaban J connectivity index is 1.47. The fourth-order valence-electron chi connectivity index (χ4n) is 3.13. The molecule has 2 rings (SSSR count). The summed E-state index contributed by atoms with van der Waals surface area (Å²) in [5.74, 6) is 0. The van der Waals surface area contributed by atoms with Crippen LogP contribution >= 0.6 is 0 Å². The maximum absolute atomic E-state index is 5.46. The summed E-state index contributed by atoms with van der Waals surface area (Å²) < 4.78 is 10.4. The number of methoxy groups -OCH3 is 1. The van der Waals surface area contributed by atoms with Crippen molar-refractivity contribution in [1.29, 1.82) is 0 Å². The Kier molecular flexibility index (Phi) is 6.41. The summed E-state index contributed by atoms with van der Waals surface area (Å²) in [6.07, 6.45) is 6.60. The average molecular weight is 256 g/mol. The standard InChI is InChI=1S/C14H28N2O2/c1-17-10-11-18-9-3-6-15-13-5-8-16-7-2-4-14(16)12-13/h13-15H,2-12H2,1H3. The van der Waals surface area contributed by atoms with Gasteiger partial charge in [0.2, 0.25) is 0 Å². The molecule has 0 bridgehead atoms. The minimum absolute atomic E-state index is 0.702. The van der Waals surface area contributed by atoms with Gasteiger partial charge in [-0.05, 0) is 51.7 Å². The zero-order valence-corrected chi connectivity index (χ0v) is 11.7. The monoisotopic (exact) mass is 256 g/mol. The van der Waals surface area contributed by atoms with Crippen molar-refractivity contribution in [1.82, 2.24) is 10.2 Å². The van der Waals surface area contributed by atoms with Gasteiger partial charge in [0.05, 0.1) is 13.2 Å². The van der Waals surface area contributed by atoms with Gasteiger partial charge in [-0.3, -0.25) is 0 Å². The highest BCUT2D eigenvalue weighted by Crippen LogP contribution is 2.26. The Morgan fingerprint density at radius 3 is 3.00 bits per heavy atom. The van der Waals surface area contributed by atoms with Crippen LogP contribution in [0.1, 0.15) is 32.1 Å². The van der Waals surface area contributed by atoms with Gasteiger partial charge < -0.3 is 19.7 Å². The lowest BCUT2D eigenvalue weighted by molar-refractivity contribution is 0.0687. The normalized spacial score (nSPS) is 28.5. The molecule has 2 aliphatic heterocycles. The number of hydrogen-bond donors (Lipinski definition) is 1. The van der Waals surface area contributed by atoms with Crippen molar-refractivity contribution in [3.8, 4) is 0 Å². The topological polar surface area (TPSA) is 33.7 Å². The van der Waals surface area contributed by atoms with Crippen LogP contribution in [-0.2, 0) is 9.47 Å². The van der Waals surface area contributed by atoms with Gasteiger partial charge in [0.1, 0.15) is 0 Å². The first-order valence-electron chi connectivity index (χ1n) is 7.44. The van der Waals surface area contributed by atoms with Crippen LogP contribution in [0, 0.1) is 0 Å². The Labute approximate surface area is 111 Å². The highest BCUT2D eigenvalue weighted by Gasteiger charge is 2.31. The Morgan fingerprint density at radius 2 is 2.11 bits per heavy atom. The van der Waals surface area contributed by atoms with Crippen molar-refractivity contribution in [2.75, 3.05) is 46.6 Å². The third-order valence-electron chi connectivity index (χ3n) is 4.15. The number of rotatable bonds is 8. The molecule has 1 N–H and O–H groups in total. The minimum atomic E-state index is 0.702. The molecule has 0 aliphatic carbocycles. The highest BCUT2D eigenvalue weighted by molar-refractivity contribution is 4.88. The minimum Gasteiger partial charge on any atom is -0.382 e. The molecule has 2 fully saturated rings. The number of fused-ring (bicyclic) bond motifs is 1. The van der Waals surface area contributed by atoms with Gasteiger partial charge in [-0.25, -0.2) is 0 Å². The first kappa shape index (κ1) is 14.3. The lowest BCUT2D eigenvalue weighted by Crippen LogP contribution is -2.45. The van der Waals surface area contributed by atoms with Gasteiger partial charge in [0.25, 0.3) is 0 Å². The first-order valence-corrected chi connectivity index (χ1v) is 7.44. The largest absolute Gasteiger partial charge is 0.382 e. The van der Waals surface area contributed by atoms with E-state index in [4.69, 9.17) is 9.47 Å². The number of ether oxygens (including phenoxy) is 2. The average Bonchev–Trinajstić information content (AvgIpc) is 2.85. The molecule has 18 heavy (non-hydrogen) atoms. The lowest BCUT2D eigenvalue weighted by atomic mass is 9.97. The summed E-state index contributed by atoms with van der Waals surface area (Å²) in [6.45, 7) is 5.99. The van der Waals surface area contributed by atoms with Crippen molar-refractivity contribution in [2.45, 2.75) is 44.2 Å². The van der Waals surface area contributed by atoms with Crippen molar-refractivity contribution >= 4 is 0 Å². The maximum Gasteiger partial charge on any atom is 0.0700 e. The summed E-state index contributed by atoms with van der Waals surface area (Å²) in [6, 6.07) is 1.61. The predicted molar refractivity (Wildman–Crippen MR) is 72.9 cm³/mol. The van der Waals surface area contributed by atoms with Crippen molar-refractivity contribution in [3.05, 3.63) is 0 Å². The third kappa shape index (κ3) is 4.50. The molecule has 2 atom stereocenters. The molecule has 2 heterocycles. The van der Waals surface area contributed by atoms with E-state index in [0.29, 0.717) is 6.61 Å². The maximum atomic E-state index is 5.46. The summed E-state index contributed by atoms with van der Waals surface area (Å²) in [7, 11) is 1.71. The van der Waals surface area contributed by atoms with Gasteiger partial charge >= 0.3 is 0 Å². The van der Waals surface area contributed by atoms with Crippen LogP contribution in [0.5, 0.6) is 0 Å². The Bertz CT molecular complexity index is 226. The van der Waals surface area contributed by atoms with E-state index in [0.717, 1.165) is 38.3 Å². The van der Waals surface area contributed by atoms with Crippen LogP contribution in [0.2, 0.25) is 0 Å². The molecule has 0 aromatic carbocycles. The molecule has 0 radical (unpaired) electrons. The molecular weight excluding hydrogens is 228 g/mol. The molecule has 0 saturated carbocycles. The molecule has 0 spiro atoms. The summed E-state index contributed by atoms with van der Waals surface area (Å²) in [4.78, 5) is 2.67. The van der Waals surface area contributed by atoms with E-state index in [1.165, 1.54) is 38.8 Å². The van der Waals surface area contributed by atoms with Gasteiger partial charge in [-0.1, -0.05) is 0 Å². The zero-order chi connectivity index (χ0) is 12.6. The second-order valence-electron chi connectivity index (χ2n) is 5.47. The van der Waals surface area contributed by atoms with Crippen LogP contribution in [0.3, 0.4) is 0 Å². The number of nitrogens with zero attached hydrogens (tertiary/aromatic N) is 1. The van der Waals surface area contributed by atoms with Gasteiger partial charge in [-0.2, -0.15) is 0 Å². The first-order chi connectivity index (χ1) is 8.90. The second-order valence-corrected chi connectivity index (χ2v) is 5.47. The molecule has 2 saturated heterocycles.